The predicted octanol–water partition coefficient (Wildman–Crippen LogP) is 2.62. The third kappa shape index (κ3) is 4.77. The lowest BCUT2D eigenvalue weighted by Crippen LogP contribution is -2.41. The Morgan fingerprint density at radius 1 is 1.00 bits per heavy atom. The fourth-order valence-electron chi connectivity index (χ4n) is 2.60. The van der Waals surface area contributed by atoms with Gasteiger partial charge in [0, 0.05) is 16.0 Å². The fourth-order valence-corrected chi connectivity index (χ4v) is 3.74. The number of carboxylic acids is 1. The predicted molar refractivity (Wildman–Crippen MR) is 103 cm³/mol. The summed E-state index contributed by atoms with van der Waals surface area (Å²) < 4.78 is 12.3. The van der Waals surface area contributed by atoms with Crippen molar-refractivity contribution in [1.29, 1.82) is 0 Å². The highest BCUT2D eigenvalue weighted by Gasteiger charge is 2.22. The molecule has 0 aliphatic heterocycles. The maximum Gasteiger partial charge on any atom is 0.326 e. The third-order valence-corrected chi connectivity index (χ3v) is 5.44. The number of rotatable bonds is 7. The van der Waals surface area contributed by atoms with E-state index in [1.54, 1.807) is 42.5 Å². The maximum absolute atomic E-state index is 12.4. The molecule has 0 unspecified atom stereocenters. The van der Waals surface area contributed by atoms with E-state index in [0.717, 1.165) is 5.39 Å². The Morgan fingerprint density at radius 2 is 1.70 bits per heavy atom. The van der Waals surface area contributed by atoms with Crippen molar-refractivity contribution in [2.75, 3.05) is 5.75 Å². The van der Waals surface area contributed by atoms with Crippen LogP contribution in [0.3, 0.4) is 0 Å². The number of amides is 1. The monoisotopic (exact) mass is 382 g/mol. The SMILES string of the molecule is O=C(N[C@H](CC[S@](=O)c1ccccc1)C(=O)O)c1ccc2ccccc2n1. The summed E-state index contributed by atoms with van der Waals surface area (Å²) in [5.41, 5.74) is 0.798. The summed E-state index contributed by atoms with van der Waals surface area (Å²) >= 11 is 0. The number of nitrogens with one attached hydrogen (secondary N) is 1. The van der Waals surface area contributed by atoms with Crippen LogP contribution in [-0.4, -0.2) is 38.0 Å². The molecule has 0 saturated carbocycles. The molecule has 0 radical (unpaired) electrons. The fraction of sp³-hybridized carbons (Fsp3) is 0.150. The highest BCUT2D eigenvalue weighted by molar-refractivity contribution is 7.85. The highest BCUT2D eigenvalue weighted by atomic mass is 32.2. The lowest BCUT2D eigenvalue weighted by atomic mass is 10.2. The van der Waals surface area contributed by atoms with E-state index in [4.69, 9.17) is 0 Å². The largest absolute Gasteiger partial charge is 0.480 e. The van der Waals surface area contributed by atoms with Gasteiger partial charge in [-0.2, -0.15) is 0 Å². The number of fused-ring (bicyclic) bond motifs is 1. The van der Waals surface area contributed by atoms with Gasteiger partial charge < -0.3 is 10.4 Å². The van der Waals surface area contributed by atoms with Gasteiger partial charge in [-0.15, -0.1) is 0 Å². The summed E-state index contributed by atoms with van der Waals surface area (Å²) in [5, 5.41) is 12.7. The molecule has 0 bridgehead atoms. The lowest BCUT2D eigenvalue weighted by molar-refractivity contribution is -0.139. The summed E-state index contributed by atoms with van der Waals surface area (Å²) in [4.78, 5) is 28.8. The first-order valence-electron chi connectivity index (χ1n) is 8.37. The Labute approximate surface area is 158 Å². The molecular weight excluding hydrogens is 364 g/mol. The summed E-state index contributed by atoms with van der Waals surface area (Å²) in [7, 11) is -1.33. The van der Waals surface area contributed by atoms with Crippen LogP contribution in [-0.2, 0) is 15.6 Å². The molecule has 2 aromatic carbocycles. The molecule has 0 spiro atoms. The minimum absolute atomic E-state index is 0.0517. The van der Waals surface area contributed by atoms with Crippen molar-refractivity contribution in [2.45, 2.75) is 17.4 Å². The number of carbonyl (C=O) groups is 2. The molecule has 2 atom stereocenters. The first-order chi connectivity index (χ1) is 13.0. The minimum atomic E-state index is -1.33. The maximum atomic E-state index is 12.4. The zero-order valence-electron chi connectivity index (χ0n) is 14.4. The Bertz CT molecular complexity index is 991. The summed E-state index contributed by atoms with van der Waals surface area (Å²) in [6, 6.07) is 18.3. The van der Waals surface area contributed by atoms with Crippen LogP contribution in [0.25, 0.3) is 10.9 Å². The zero-order valence-corrected chi connectivity index (χ0v) is 15.2. The van der Waals surface area contributed by atoms with Crippen molar-refractivity contribution >= 4 is 33.6 Å². The number of para-hydroxylation sites is 1. The van der Waals surface area contributed by atoms with Gasteiger partial charge in [0.25, 0.3) is 5.91 Å². The number of aromatic nitrogens is 1. The number of aliphatic carboxylic acids is 1. The molecule has 0 saturated heterocycles. The Balaban J connectivity index is 1.67. The van der Waals surface area contributed by atoms with Crippen LogP contribution in [0.2, 0.25) is 0 Å². The Kier molecular flexibility index (Phi) is 5.93. The van der Waals surface area contributed by atoms with Crippen LogP contribution in [0.4, 0.5) is 0 Å². The molecule has 0 fully saturated rings. The van der Waals surface area contributed by atoms with E-state index in [1.807, 2.05) is 24.3 Å². The molecule has 2 N–H and O–H groups in total. The molecule has 3 aromatic rings. The second kappa shape index (κ2) is 8.55. The van der Waals surface area contributed by atoms with Crippen LogP contribution in [0.1, 0.15) is 16.9 Å². The number of pyridine rings is 1. The van der Waals surface area contributed by atoms with E-state index in [1.165, 1.54) is 0 Å². The Morgan fingerprint density at radius 3 is 2.44 bits per heavy atom. The second-order valence-corrected chi connectivity index (χ2v) is 7.48. The van der Waals surface area contributed by atoms with Crippen LogP contribution in [0, 0.1) is 0 Å². The smallest absolute Gasteiger partial charge is 0.326 e. The van der Waals surface area contributed by atoms with Gasteiger partial charge in [-0.1, -0.05) is 42.5 Å². The van der Waals surface area contributed by atoms with Crippen LogP contribution in [0.5, 0.6) is 0 Å². The van der Waals surface area contributed by atoms with Crippen molar-refractivity contribution in [3.05, 3.63) is 72.4 Å². The van der Waals surface area contributed by atoms with Gasteiger partial charge in [-0.05, 0) is 30.7 Å². The van der Waals surface area contributed by atoms with Crippen molar-refractivity contribution in [2.24, 2.45) is 0 Å². The summed E-state index contributed by atoms with van der Waals surface area (Å²) in [6.45, 7) is 0. The number of benzene rings is 2. The van der Waals surface area contributed by atoms with Crippen molar-refractivity contribution < 1.29 is 18.9 Å². The molecule has 27 heavy (non-hydrogen) atoms. The number of nitrogens with zero attached hydrogens (tertiary/aromatic N) is 1. The highest BCUT2D eigenvalue weighted by Crippen LogP contribution is 2.12. The molecular formula is C20H18N2O4S. The summed E-state index contributed by atoms with van der Waals surface area (Å²) in [6.07, 6.45) is 0.0517. The van der Waals surface area contributed by atoms with Gasteiger partial charge in [0.1, 0.15) is 11.7 Å². The van der Waals surface area contributed by atoms with Crippen molar-refractivity contribution in [1.82, 2.24) is 10.3 Å². The first kappa shape index (κ1) is 18.7. The van der Waals surface area contributed by atoms with Gasteiger partial charge >= 0.3 is 5.97 Å². The topological polar surface area (TPSA) is 96.4 Å². The van der Waals surface area contributed by atoms with Crippen LogP contribution < -0.4 is 5.32 Å². The van der Waals surface area contributed by atoms with Gasteiger partial charge in [0.2, 0.25) is 0 Å². The number of carboxylic acid groups (broad SMARTS) is 1. The van der Waals surface area contributed by atoms with Gasteiger partial charge in [-0.3, -0.25) is 9.00 Å². The quantitative estimate of drug-likeness (QED) is 0.655. The molecule has 0 aliphatic carbocycles. The van der Waals surface area contributed by atoms with Crippen LogP contribution >= 0.6 is 0 Å². The molecule has 7 heteroatoms. The van der Waals surface area contributed by atoms with E-state index >= 15 is 0 Å². The average Bonchev–Trinajstić information content (AvgIpc) is 2.70. The molecule has 0 aliphatic rings. The number of hydrogen-bond acceptors (Lipinski definition) is 4. The van der Waals surface area contributed by atoms with Gasteiger partial charge in [0.05, 0.1) is 16.3 Å². The average molecular weight is 382 g/mol. The van der Waals surface area contributed by atoms with E-state index in [9.17, 15) is 18.9 Å². The first-order valence-corrected chi connectivity index (χ1v) is 9.69. The molecule has 1 aromatic heterocycles. The lowest BCUT2D eigenvalue weighted by Gasteiger charge is -2.14. The molecule has 1 amide bonds. The van der Waals surface area contributed by atoms with E-state index in [2.05, 4.69) is 10.3 Å². The van der Waals surface area contributed by atoms with Crippen molar-refractivity contribution in [3.8, 4) is 0 Å². The van der Waals surface area contributed by atoms with Gasteiger partial charge in [0.15, 0.2) is 0 Å². The van der Waals surface area contributed by atoms with E-state index in [-0.39, 0.29) is 17.9 Å². The normalized spacial score (nSPS) is 13.0. The van der Waals surface area contributed by atoms with Crippen molar-refractivity contribution in [3.63, 3.8) is 0 Å². The van der Waals surface area contributed by atoms with Crippen LogP contribution in [0.15, 0.2) is 71.6 Å². The van der Waals surface area contributed by atoms with Gasteiger partial charge in [-0.25, -0.2) is 9.78 Å². The third-order valence-electron chi connectivity index (χ3n) is 4.03. The molecule has 6 nitrogen and oxygen atoms in total. The van der Waals surface area contributed by atoms with E-state index in [0.29, 0.717) is 10.4 Å². The van der Waals surface area contributed by atoms with E-state index < -0.39 is 28.7 Å². The second-order valence-electron chi connectivity index (χ2n) is 5.90. The zero-order chi connectivity index (χ0) is 19.2. The minimum Gasteiger partial charge on any atom is -0.480 e. The Hall–Kier alpha value is -3.06. The standard InChI is InChI=1S/C20H18N2O4S/c23-19(17-11-10-14-6-4-5-9-16(14)21-17)22-18(20(24)25)12-13-27(26)15-7-2-1-3-8-15/h1-11,18H,12-13H2,(H,22,23)(H,24,25)/t18-,27+/m1/s1. The molecule has 3 rings (SSSR count). The molecule has 1 heterocycles. The number of hydrogen-bond donors (Lipinski definition) is 2. The summed E-state index contributed by atoms with van der Waals surface area (Å²) in [5.74, 6) is -1.61. The molecule has 138 valence electrons. The number of carbonyl (C=O) groups excluding carboxylic acids is 1.